The molecule has 0 radical (unpaired) electrons. The number of phenolic OH excluding ortho intramolecular Hbond substituents is 1. The lowest BCUT2D eigenvalue weighted by molar-refractivity contribution is 0.469. The summed E-state index contributed by atoms with van der Waals surface area (Å²) >= 11 is 0. The Hall–Kier alpha value is -1.28. The van der Waals surface area contributed by atoms with Crippen molar-refractivity contribution in [2.45, 2.75) is 18.9 Å². The molecule has 0 heterocycles. The Morgan fingerprint density at radius 1 is 1.54 bits per heavy atom. The standard InChI is InChI=1S/C11H13NO/c1-2-7-3-6-10(13)8-4-5-9(12)11(7)8/h2-3,6,9,13H,1,4-5,12H2/t9-/m0/s1. The van der Waals surface area contributed by atoms with Crippen LogP contribution >= 0.6 is 0 Å². The zero-order valence-electron chi connectivity index (χ0n) is 7.46. The minimum atomic E-state index is 0.0649. The van der Waals surface area contributed by atoms with E-state index >= 15 is 0 Å². The fraction of sp³-hybridized carbons (Fsp3) is 0.273. The molecule has 0 aliphatic heterocycles. The first-order valence-electron chi connectivity index (χ1n) is 4.47. The number of aromatic hydroxyl groups is 1. The van der Waals surface area contributed by atoms with Crippen LogP contribution < -0.4 is 5.73 Å². The molecule has 0 aromatic heterocycles. The Morgan fingerprint density at radius 3 is 3.00 bits per heavy atom. The topological polar surface area (TPSA) is 46.2 Å². The number of rotatable bonds is 1. The van der Waals surface area contributed by atoms with Gasteiger partial charge in [-0.2, -0.15) is 0 Å². The van der Waals surface area contributed by atoms with Gasteiger partial charge >= 0.3 is 0 Å². The quantitative estimate of drug-likeness (QED) is 0.685. The van der Waals surface area contributed by atoms with E-state index in [0.29, 0.717) is 5.75 Å². The first-order chi connectivity index (χ1) is 6.24. The molecular weight excluding hydrogens is 162 g/mol. The molecule has 3 N–H and O–H groups in total. The molecular formula is C11H13NO. The summed E-state index contributed by atoms with van der Waals surface area (Å²) in [6.45, 7) is 3.74. The lowest BCUT2D eigenvalue weighted by Gasteiger charge is -2.09. The van der Waals surface area contributed by atoms with Crippen molar-refractivity contribution in [3.8, 4) is 5.75 Å². The molecule has 0 bridgehead atoms. The van der Waals surface area contributed by atoms with Crippen molar-refractivity contribution >= 4 is 6.08 Å². The van der Waals surface area contributed by atoms with E-state index in [1.54, 1.807) is 12.1 Å². The largest absolute Gasteiger partial charge is 0.508 e. The third kappa shape index (κ3) is 1.14. The lowest BCUT2D eigenvalue weighted by atomic mass is 10.0. The molecule has 2 rings (SSSR count). The van der Waals surface area contributed by atoms with Gasteiger partial charge in [0.1, 0.15) is 5.75 Å². The minimum absolute atomic E-state index is 0.0649. The summed E-state index contributed by atoms with van der Waals surface area (Å²) < 4.78 is 0. The highest BCUT2D eigenvalue weighted by Gasteiger charge is 2.23. The highest BCUT2D eigenvalue weighted by Crippen LogP contribution is 2.37. The number of hydrogen-bond donors (Lipinski definition) is 2. The summed E-state index contributed by atoms with van der Waals surface area (Å²) in [6.07, 6.45) is 3.60. The van der Waals surface area contributed by atoms with Crippen LogP contribution in [0.3, 0.4) is 0 Å². The van der Waals surface area contributed by atoms with Gasteiger partial charge in [-0.05, 0) is 35.6 Å². The van der Waals surface area contributed by atoms with E-state index in [1.165, 1.54) is 0 Å². The van der Waals surface area contributed by atoms with Crippen molar-refractivity contribution in [3.05, 3.63) is 35.4 Å². The van der Waals surface area contributed by atoms with Crippen molar-refractivity contribution in [1.29, 1.82) is 0 Å². The van der Waals surface area contributed by atoms with Gasteiger partial charge in [0.05, 0.1) is 0 Å². The van der Waals surface area contributed by atoms with Crippen LogP contribution in [0.2, 0.25) is 0 Å². The van der Waals surface area contributed by atoms with E-state index < -0.39 is 0 Å². The summed E-state index contributed by atoms with van der Waals surface area (Å²) in [4.78, 5) is 0. The SMILES string of the molecule is C=Cc1ccc(O)c2c1[C@@H](N)CC2. The maximum Gasteiger partial charge on any atom is 0.119 e. The number of fused-ring (bicyclic) bond motifs is 1. The van der Waals surface area contributed by atoms with Crippen molar-refractivity contribution in [3.63, 3.8) is 0 Å². The van der Waals surface area contributed by atoms with Gasteiger partial charge in [-0.15, -0.1) is 0 Å². The first-order valence-corrected chi connectivity index (χ1v) is 4.47. The van der Waals surface area contributed by atoms with E-state index in [0.717, 1.165) is 29.5 Å². The van der Waals surface area contributed by atoms with Crippen LogP contribution in [0.1, 0.15) is 29.2 Å². The zero-order valence-corrected chi connectivity index (χ0v) is 7.46. The van der Waals surface area contributed by atoms with Gasteiger partial charge in [0.2, 0.25) is 0 Å². The monoisotopic (exact) mass is 175 g/mol. The molecule has 2 nitrogen and oxygen atoms in total. The predicted octanol–water partition coefficient (Wildman–Crippen LogP) is 1.98. The van der Waals surface area contributed by atoms with Crippen molar-refractivity contribution in [2.24, 2.45) is 5.73 Å². The average molecular weight is 175 g/mol. The molecule has 1 aliphatic rings. The van der Waals surface area contributed by atoms with E-state index in [-0.39, 0.29) is 6.04 Å². The van der Waals surface area contributed by atoms with E-state index in [9.17, 15) is 5.11 Å². The Labute approximate surface area is 77.7 Å². The van der Waals surface area contributed by atoms with Crippen LogP contribution in [0.5, 0.6) is 5.75 Å². The summed E-state index contributed by atoms with van der Waals surface area (Å²) in [5.41, 5.74) is 9.07. The van der Waals surface area contributed by atoms with E-state index in [1.807, 2.05) is 6.07 Å². The van der Waals surface area contributed by atoms with Crippen LogP contribution in [-0.4, -0.2) is 5.11 Å². The van der Waals surface area contributed by atoms with Gasteiger partial charge in [0.15, 0.2) is 0 Å². The highest BCUT2D eigenvalue weighted by molar-refractivity contribution is 5.60. The molecule has 1 aromatic rings. The maximum absolute atomic E-state index is 9.58. The van der Waals surface area contributed by atoms with Gasteiger partial charge in [0.25, 0.3) is 0 Å². The van der Waals surface area contributed by atoms with Gasteiger partial charge in [-0.25, -0.2) is 0 Å². The second kappa shape index (κ2) is 2.89. The average Bonchev–Trinajstić information content (AvgIpc) is 2.51. The van der Waals surface area contributed by atoms with Gasteiger partial charge in [0, 0.05) is 6.04 Å². The maximum atomic E-state index is 9.58. The van der Waals surface area contributed by atoms with Gasteiger partial charge in [-0.1, -0.05) is 18.7 Å². The summed E-state index contributed by atoms with van der Waals surface area (Å²) in [7, 11) is 0. The third-order valence-corrected chi connectivity index (χ3v) is 2.66. The molecule has 0 saturated carbocycles. The molecule has 0 amide bonds. The van der Waals surface area contributed by atoms with E-state index in [4.69, 9.17) is 5.73 Å². The fourth-order valence-corrected chi connectivity index (χ4v) is 1.99. The molecule has 0 spiro atoms. The van der Waals surface area contributed by atoms with Crippen LogP contribution in [-0.2, 0) is 6.42 Å². The Balaban J connectivity index is 2.66. The minimum Gasteiger partial charge on any atom is -0.508 e. The second-order valence-electron chi connectivity index (χ2n) is 3.42. The number of phenols is 1. The van der Waals surface area contributed by atoms with Gasteiger partial charge < -0.3 is 10.8 Å². The van der Waals surface area contributed by atoms with Crippen LogP contribution in [0.15, 0.2) is 18.7 Å². The fourth-order valence-electron chi connectivity index (χ4n) is 1.99. The molecule has 0 saturated heterocycles. The van der Waals surface area contributed by atoms with Crippen molar-refractivity contribution < 1.29 is 5.11 Å². The third-order valence-electron chi connectivity index (χ3n) is 2.66. The van der Waals surface area contributed by atoms with Crippen molar-refractivity contribution in [2.75, 3.05) is 0 Å². The molecule has 0 unspecified atom stereocenters. The zero-order chi connectivity index (χ0) is 9.42. The van der Waals surface area contributed by atoms with E-state index in [2.05, 4.69) is 6.58 Å². The summed E-state index contributed by atoms with van der Waals surface area (Å²) in [5, 5.41) is 9.58. The molecule has 1 aromatic carbocycles. The normalized spacial score (nSPS) is 19.9. The molecule has 1 atom stereocenters. The van der Waals surface area contributed by atoms with Crippen molar-refractivity contribution in [1.82, 2.24) is 0 Å². The summed E-state index contributed by atoms with van der Waals surface area (Å²) in [5.74, 6) is 0.369. The Morgan fingerprint density at radius 2 is 2.31 bits per heavy atom. The molecule has 68 valence electrons. The lowest BCUT2D eigenvalue weighted by Crippen LogP contribution is -2.06. The first kappa shape index (κ1) is 8.32. The van der Waals surface area contributed by atoms with Crippen LogP contribution in [0, 0.1) is 0 Å². The van der Waals surface area contributed by atoms with Crippen LogP contribution in [0.25, 0.3) is 6.08 Å². The molecule has 2 heteroatoms. The van der Waals surface area contributed by atoms with Gasteiger partial charge in [-0.3, -0.25) is 0 Å². The number of hydrogen-bond acceptors (Lipinski definition) is 2. The second-order valence-corrected chi connectivity index (χ2v) is 3.42. The Bertz CT molecular complexity index is 357. The smallest absolute Gasteiger partial charge is 0.119 e. The highest BCUT2D eigenvalue weighted by atomic mass is 16.3. The Kier molecular flexibility index (Phi) is 1.85. The molecule has 1 aliphatic carbocycles. The number of nitrogens with two attached hydrogens (primary N) is 1. The number of benzene rings is 1. The summed E-state index contributed by atoms with van der Waals surface area (Å²) in [6, 6.07) is 3.65. The van der Waals surface area contributed by atoms with Crippen LogP contribution in [0.4, 0.5) is 0 Å². The molecule has 0 fully saturated rings. The predicted molar refractivity (Wildman–Crippen MR) is 53.4 cm³/mol. The molecule has 13 heavy (non-hydrogen) atoms.